The Morgan fingerprint density at radius 3 is 3.00 bits per heavy atom. The van der Waals surface area contributed by atoms with Gasteiger partial charge in [-0.05, 0) is 6.92 Å². The average molecular weight is 178 g/mol. The van der Waals surface area contributed by atoms with E-state index in [2.05, 4.69) is 15.0 Å². The summed E-state index contributed by atoms with van der Waals surface area (Å²) in [5, 5.41) is 0. The number of rotatable bonds is 2. The molecule has 0 fully saturated rings. The Kier molecular flexibility index (Phi) is 1.84. The van der Waals surface area contributed by atoms with Gasteiger partial charge in [0.05, 0.1) is 12.9 Å². The van der Waals surface area contributed by atoms with Crippen molar-refractivity contribution in [3.63, 3.8) is 0 Å². The van der Waals surface area contributed by atoms with Gasteiger partial charge >= 0.3 is 0 Å². The molecule has 0 bridgehead atoms. The summed E-state index contributed by atoms with van der Waals surface area (Å²) in [5.41, 5.74) is 1.50. The number of imidazole rings is 1. The van der Waals surface area contributed by atoms with E-state index < -0.39 is 0 Å². The molecule has 5 nitrogen and oxygen atoms in total. The first-order valence-electron chi connectivity index (χ1n) is 4.07. The van der Waals surface area contributed by atoms with Crippen molar-refractivity contribution >= 4 is 11.2 Å². The molecular weight excluding hydrogens is 168 g/mol. The first kappa shape index (κ1) is 7.97. The van der Waals surface area contributed by atoms with Crippen LogP contribution in [0, 0.1) is 0 Å². The van der Waals surface area contributed by atoms with Crippen molar-refractivity contribution < 1.29 is 4.74 Å². The molecular formula is C8H10N4O. The number of nitrogens with zero attached hydrogens (tertiary/aromatic N) is 4. The number of ether oxygens (including phenoxy) is 1. The van der Waals surface area contributed by atoms with E-state index in [0.29, 0.717) is 18.0 Å². The molecule has 13 heavy (non-hydrogen) atoms. The van der Waals surface area contributed by atoms with Crippen LogP contribution >= 0.6 is 0 Å². The largest absolute Gasteiger partial charge is 0.476 e. The normalized spacial score (nSPS) is 10.6. The molecule has 0 saturated carbocycles. The van der Waals surface area contributed by atoms with E-state index in [1.165, 1.54) is 6.33 Å². The molecule has 0 atom stereocenters. The van der Waals surface area contributed by atoms with Gasteiger partial charge in [-0.2, -0.15) is 4.98 Å². The summed E-state index contributed by atoms with van der Waals surface area (Å²) in [6.45, 7) is 2.50. The minimum atomic E-state index is 0.549. The molecule has 2 aromatic rings. The van der Waals surface area contributed by atoms with Gasteiger partial charge in [0.15, 0.2) is 11.2 Å². The number of hydrogen-bond acceptors (Lipinski definition) is 4. The zero-order chi connectivity index (χ0) is 9.26. The highest BCUT2D eigenvalue weighted by atomic mass is 16.5. The third-order valence-corrected chi connectivity index (χ3v) is 1.74. The van der Waals surface area contributed by atoms with Gasteiger partial charge in [-0.3, -0.25) is 0 Å². The molecule has 0 amide bonds. The summed E-state index contributed by atoms with van der Waals surface area (Å²) in [4.78, 5) is 12.2. The fourth-order valence-electron chi connectivity index (χ4n) is 1.17. The number of hydrogen-bond donors (Lipinski definition) is 0. The Hall–Kier alpha value is -1.65. The van der Waals surface area contributed by atoms with Crippen molar-refractivity contribution in [3.05, 3.63) is 12.7 Å². The second-order valence-electron chi connectivity index (χ2n) is 2.64. The molecule has 0 aromatic carbocycles. The van der Waals surface area contributed by atoms with Crippen molar-refractivity contribution in [2.24, 2.45) is 7.05 Å². The zero-order valence-electron chi connectivity index (χ0n) is 7.56. The maximum absolute atomic E-state index is 5.31. The summed E-state index contributed by atoms with van der Waals surface area (Å²) >= 11 is 0. The van der Waals surface area contributed by atoms with Gasteiger partial charge in [-0.15, -0.1) is 0 Å². The first-order chi connectivity index (χ1) is 6.33. The Labute approximate surface area is 75.4 Å². The lowest BCUT2D eigenvalue weighted by Gasteiger charge is -2.00. The fraction of sp³-hybridized carbons (Fsp3) is 0.375. The molecule has 0 radical (unpaired) electrons. The Bertz CT molecular complexity index is 423. The number of fused-ring (bicyclic) bond motifs is 1. The summed E-state index contributed by atoms with van der Waals surface area (Å²) in [6, 6.07) is 0. The van der Waals surface area contributed by atoms with E-state index in [0.717, 1.165) is 5.65 Å². The molecule has 0 aliphatic heterocycles. The summed E-state index contributed by atoms with van der Waals surface area (Å²) in [6.07, 6.45) is 3.18. The third-order valence-electron chi connectivity index (χ3n) is 1.74. The monoisotopic (exact) mass is 178 g/mol. The van der Waals surface area contributed by atoms with Crippen molar-refractivity contribution in [1.29, 1.82) is 0 Å². The van der Waals surface area contributed by atoms with E-state index >= 15 is 0 Å². The minimum Gasteiger partial charge on any atom is -0.476 e. The quantitative estimate of drug-likeness (QED) is 0.681. The van der Waals surface area contributed by atoms with Crippen LogP contribution in [0.4, 0.5) is 0 Å². The molecule has 2 rings (SSSR count). The first-order valence-corrected chi connectivity index (χ1v) is 4.07. The summed E-state index contributed by atoms with van der Waals surface area (Å²) in [7, 11) is 1.89. The summed E-state index contributed by atoms with van der Waals surface area (Å²) < 4.78 is 7.14. The highest BCUT2D eigenvalue weighted by Gasteiger charge is 2.07. The Balaban J connectivity index is 2.63. The van der Waals surface area contributed by atoms with Crippen LogP contribution in [0.1, 0.15) is 6.92 Å². The SMILES string of the molecule is CCOc1ncnc2c1ncn2C. The van der Waals surface area contributed by atoms with E-state index in [-0.39, 0.29) is 0 Å². The van der Waals surface area contributed by atoms with E-state index in [9.17, 15) is 0 Å². The number of aromatic nitrogens is 4. The minimum absolute atomic E-state index is 0.549. The van der Waals surface area contributed by atoms with Crippen LogP contribution in [0.2, 0.25) is 0 Å². The molecule has 5 heteroatoms. The fourth-order valence-corrected chi connectivity index (χ4v) is 1.17. The highest BCUT2D eigenvalue weighted by Crippen LogP contribution is 2.17. The van der Waals surface area contributed by atoms with Crippen LogP contribution in [-0.4, -0.2) is 26.1 Å². The molecule has 0 N–H and O–H groups in total. The van der Waals surface area contributed by atoms with Gasteiger partial charge in [0.25, 0.3) is 0 Å². The van der Waals surface area contributed by atoms with E-state index in [4.69, 9.17) is 4.74 Å². The molecule has 0 spiro atoms. The molecule has 0 unspecified atom stereocenters. The van der Waals surface area contributed by atoms with Gasteiger partial charge in [0.2, 0.25) is 5.88 Å². The number of aryl methyl sites for hydroxylation is 1. The van der Waals surface area contributed by atoms with Crippen molar-refractivity contribution in [2.75, 3.05) is 6.61 Å². The molecule has 0 aliphatic rings. The molecule has 0 saturated heterocycles. The van der Waals surface area contributed by atoms with Crippen molar-refractivity contribution in [2.45, 2.75) is 6.92 Å². The molecule has 2 heterocycles. The van der Waals surface area contributed by atoms with E-state index in [1.807, 2.05) is 18.5 Å². The van der Waals surface area contributed by atoms with Gasteiger partial charge in [-0.1, -0.05) is 0 Å². The molecule has 0 aliphatic carbocycles. The topological polar surface area (TPSA) is 52.8 Å². The zero-order valence-corrected chi connectivity index (χ0v) is 7.56. The molecule has 2 aromatic heterocycles. The van der Waals surface area contributed by atoms with Crippen molar-refractivity contribution in [1.82, 2.24) is 19.5 Å². The third kappa shape index (κ3) is 1.22. The second kappa shape index (κ2) is 3.01. The standard InChI is InChI=1S/C8H10N4O/c1-3-13-8-6-7(9-4-10-8)12(2)5-11-6/h4-5H,3H2,1-2H3. The maximum Gasteiger partial charge on any atom is 0.245 e. The van der Waals surface area contributed by atoms with Gasteiger partial charge < -0.3 is 9.30 Å². The van der Waals surface area contributed by atoms with Crippen LogP contribution in [0.15, 0.2) is 12.7 Å². The van der Waals surface area contributed by atoms with Crippen LogP contribution in [0.25, 0.3) is 11.2 Å². The summed E-state index contributed by atoms with van der Waals surface area (Å²) in [5.74, 6) is 0.549. The van der Waals surface area contributed by atoms with Crippen LogP contribution in [0.3, 0.4) is 0 Å². The Morgan fingerprint density at radius 2 is 2.23 bits per heavy atom. The van der Waals surface area contributed by atoms with Crippen LogP contribution in [0.5, 0.6) is 5.88 Å². The van der Waals surface area contributed by atoms with Crippen LogP contribution < -0.4 is 4.74 Å². The lowest BCUT2D eigenvalue weighted by atomic mass is 10.5. The molecule has 68 valence electrons. The predicted octanol–water partition coefficient (Wildman–Crippen LogP) is 0.762. The second-order valence-corrected chi connectivity index (χ2v) is 2.64. The predicted molar refractivity (Wildman–Crippen MR) is 47.5 cm³/mol. The van der Waals surface area contributed by atoms with Gasteiger partial charge in [-0.25, -0.2) is 9.97 Å². The lowest BCUT2D eigenvalue weighted by molar-refractivity contribution is 0.330. The van der Waals surface area contributed by atoms with E-state index in [1.54, 1.807) is 6.33 Å². The average Bonchev–Trinajstić information content (AvgIpc) is 2.50. The van der Waals surface area contributed by atoms with Gasteiger partial charge in [0, 0.05) is 7.05 Å². The van der Waals surface area contributed by atoms with Gasteiger partial charge in [0.1, 0.15) is 6.33 Å². The smallest absolute Gasteiger partial charge is 0.245 e. The Morgan fingerprint density at radius 1 is 1.38 bits per heavy atom. The van der Waals surface area contributed by atoms with Crippen molar-refractivity contribution in [3.8, 4) is 5.88 Å². The van der Waals surface area contributed by atoms with Crippen LogP contribution in [-0.2, 0) is 7.05 Å². The highest BCUT2D eigenvalue weighted by molar-refractivity contribution is 5.75. The maximum atomic E-state index is 5.31. The lowest BCUT2D eigenvalue weighted by Crippen LogP contribution is -1.96.